The third-order valence-corrected chi connectivity index (χ3v) is 1.43. The number of allylic oxidation sites excluding steroid dienone is 2. The predicted octanol–water partition coefficient (Wildman–Crippen LogP) is 1.66. The first kappa shape index (κ1) is 9.37. The van der Waals surface area contributed by atoms with Crippen molar-refractivity contribution in [3.63, 3.8) is 0 Å². The second kappa shape index (κ2) is 5.18. The highest BCUT2D eigenvalue weighted by Crippen LogP contribution is 2.12. The topological polar surface area (TPSA) is 26.0 Å². The summed E-state index contributed by atoms with van der Waals surface area (Å²) >= 11 is 0. The van der Waals surface area contributed by atoms with Gasteiger partial charge in [0.05, 0.1) is 0 Å². The highest BCUT2D eigenvalue weighted by molar-refractivity contribution is 4.89. The fraction of sp³-hybridized carbons (Fsp3) is 0.500. The molecule has 0 aliphatic rings. The van der Waals surface area contributed by atoms with E-state index in [2.05, 4.69) is 13.2 Å². The van der Waals surface area contributed by atoms with Crippen molar-refractivity contribution in [2.45, 2.75) is 12.6 Å². The molecule has 0 fully saturated rings. The van der Waals surface area contributed by atoms with Crippen molar-refractivity contribution in [2.24, 2.45) is 11.7 Å². The highest BCUT2D eigenvalue weighted by atomic mass is 19.1. The lowest BCUT2D eigenvalue weighted by molar-refractivity contribution is 0.272. The predicted molar refractivity (Wildman–Crippen MR) is 42.5 cm³/mol. The van der Waals surface area contributed by atoms with E-state index >= 15 is 0 Å². The summed E-state index contributed by atoms with van der Waals surface area (Å²) in [4.78, 5) is 0. The number of halogens is 1. The average molecular weight is 143 g/mol. The van der Waals surface area contributed by atoms with Crippen LogP contribution in [0.25, 0.3) is 0 Å². The van der Waals surface area contributed by atoms with Crippen molar-refractivity contribution < 1.29 is 4.39 Å². The van der Waals surface area contributed by atoms with Crippen molar-refractivity contribution in [2.75, 3.05) is 6.54 Å². The van der Waals surface area contributed by atoms with Crippen LogP contribution in [0.15, 0.2) is 25.3 Å². The zero-order valence-electron chi connectivity index (χ0n) is 6.09. The van der Waals surface area contributed by atoms with E-state index in [1.165, 1.54) is 0 Å². The summed E-state index contributed by atoms with van der Waals surface area (Å²) in [5.74, 6) is -0.164. The number of nitrogens with two attached hydrogens (primary N) is 1. The van der Waals surface area contributed by atoms with Gasteiger partial charge in [-0.05, 0) is 6.42 Å². The summed E-state index contributed by atoms with van der Waals surface area (Å²) in [6, 6.07) is 0. The summed E-state index contributed by atoms with van der Waals surface area (Å²) in [5.41, 5.74) is 5.12. The van der Waals surface area contributed by atoms with Crippen LogP contribution < -0.4 is 5.73 Å². The van der Waals surface area contributed by atoms with Crippen LogP contribution in [0.5, 0.6) is 0 Å². The first-order valence-electron chi connectivity index (χ1n) is 3.33. The SMILES string of the molecule is C=CCC(C=C)C(F)CN. The molecule has 2 heteroatoms. The van der Waals surface area contributed by atoms with E-state index in [9.17, 15) is 4.39 Å². The quantitative estimate of drug-likeness (QED) is 0.582. The maximum Gasteiger partial charge on any atom is 0.119 e. The first-order chi connectivity index (χ1) is 4.76. The Labute approximate surface area is 61.4 Å². The van der Waals surface area contributed by atoms with Crippen molar-refractivity contribution >= 4 is 0 Å². The third-order valence-electron chi connectivity index (χ3n) is 1.43. The Morgan fingerprint density at radius 3 is 2.40 bits per heavy atom. The van der Waals surface area contributed by atoms with Gasteiger partial charge in [-0.15, -0.1) is 13.2 Å². The number of hydrogen-bond acceptors (Lipinski definition) is 1. The average Bonchev–Trinajstić information content (AvgIpc) is 1.99. The molecule has 2 N–H and O–H groups in total. The Bertz CT molecular complexity index is 112. The van der Waals surface area contributed by atoms with Gasteiger partial charge in [0.25, 0.3) is 0 Å². The van der Waals surface area contributed by atoms with Gasteiger partial charge in [0.2, 0.25) is 0 Å². The molecule has 0 radical (unpaired) electrons. The van der Waals surface area contributed by atoms with Crippen LogP contribution in [0.4, 0.5) is 4.39 Å². The molecule has 0 spiro atoms. The molecule has 2 atom stereocenters. The standard InChI is InChI=1S/C8H14FN/c1-3-5-7(4-2)8(9)6-10/h3-4,7-8H,1-2,5-6,10H2. The van der Waals surface area contributed by atoms with Gasteiger partial charge in [-0.1, -0.05) is 12.2 Å². The smallest absolute Gasteiger partial charge is 0.119 e. The molecule has 0 amide bonds. The minimum Gasteiger partial charge on any atom is -0.328 e. The molecule has 2 unspecified atom stereocenters. The van der Waals surface area contributed by atoms with Crippen LogP contribution in [0.1, 0.15) is 6.42 Å². The van der Waals surface area contributed by atoms with Crippen molar-refractivity contribution in [1.29, 1.82) is 0 Å². The van der Waals surface area contributed by atoms with Crippen LogP contribution in [-0.2, 0) is 0 Å². The normalized spacial score (nSPS) is 15.8. The van der Waals surface area contributed by atoms with E-state index in [-0.39, 0.29) is 12.5 Å². The molecular weight excluding hydrogens is 129 g/mol. The molecule has 0 aromatic rings. The molecule has 0 heterocycles. The van der Waals surface area contributed by atoms with E-state index in [4.69, 9.17) is 5.73 Å². The summed E-state index contributed by atoms with van der Waals surface area (Å²) in [7, 11) is 0. The van der Waals surface area contributed by atoms with Crippen LogP contribution in [0.3, 0.4) is 0 Å². The van der Waals surface area contributed by atoms with Gasteiger partial charge in [-0.2, -0.15) is 0 Å². The lowest BCUT2D eigenvalue weighted by Gasteiger charge is -2.12. The second-order valence-electron chi connectivity index (χ2n) is 2.18. The largest absolute Gasteiger partial charge is 0.328 e. The monoisotopic (exact) mass is 143 g/mol. The molecule has 0 aromatic heterocycles. The minimum absolute atomic E-state index is 0.0600. The Morgan fingerprint density at radius 2 is 2.10 bits per heavy atom. The minimum atomic E-state index is -0.976. The molecule has 0 saturated carbocycles. The van der Waals surface area contributed by atoms with Gasteiger partial charge >= 0.3 is 0 Å². The van der Waals surface area contributed by atoms with E-state index in [1.54, 1.807) is 12.2 Å². The molecule has 0 aliphatic heterocycles. The van der Waals surface area contributed by atoms with Crippen molar-refractivity contribution in [1.82, 2.24) is 0 Å². The van der Waals surface area contributed by atoms with Crippen LogP contribution in [0, 0.1) is 5.92 Å². The fourth-order valence-electron chi connectivity index (χ4n) is 0.759. The Balaban J connectivity index is 3.78. The molecule has 1 nitrogen and oxygen atoms in total. The van der Waals surface area contributed by atoms with Crippen LogP contribution >= 0.6 is 0 Å². The summed E-state index contributed by atoms with van der Waals surface area (Å²) in [5, 5.41) is 0. The van der Waals surface area contributed by atoms with Gasteiger partial charge in [0.15, 0.2) is 0 Å². The van der Waals surface area contributed by atoms with Gasteiger partial charge in [-0.3, -0.25) is 0 Å². The fourth-order valence-corrected chi connectivity index (χ4v) is 0.759. The Morgan fingerprint density at radius 1 is 1.50 bits per heavy atom. The van der Waals surface area contributed by atoms with E-state index in [1.807, 2.05) is 0 Å². The molecule has 10 heavy (non-hydrogen) atoms. The first-order valence-corrected chi connectivity index (χ1v) is 3.33. The highest BCUT2D eigenvalue weighted by Gasteiger charge is 2.13. The van der Waals surface area contributed by atoms with Crippen molar-refractivity contribution in [3.05, 3.63) is 25.3 Å². The second-order valence-corrected chi connectivity index (χ2v) is 2.18. The summed E-state index contributed by atoms with van der Waals surface area (Å²) < 4.78 is 12.7. The summed E-state index contributed by atoms with van der Waals surface area (Å²) in [6.07, 6.45) is 2.89. The number of alkyl halides is 1. The van der Waals surface area contributed by atoms with E-state index in [0.29, 0.717) is 6.42 Å². The molecule has 58 valence electrons. The van der Waals surface area contributed by atoms with Crippen LogP contribution in [-0.4, -0.2) is 12.7 Å². The molecule has 0 aliphatic carbocycles. The molecule has 0 aromatic carbocycles. The van der Waals surface area contributed by atoms with E-state index in [0.717, 1.165) is 0 Å². The maximum atomic E-state index is 12.7. The Hall–Kier alpha value is -0.630. The molecule has 0 rings (SSSR count). The maximum absolute atomic E-state index is 12.7. The molecular formula is C8H14FN. The third kappa shape index (κ3) is 2.78. The molecule has 0 saturated heterocycles. The van der Waals surface area contributed by atoms with Gasteiger partial charge < -0.3 is 5.73 Å². The number of rotatable bonds is 5. The Kier molecular flexibility index (Phi) is 4.85. The zero-order valence-corrected chi connectivity index (χ0v) is 6.09. The lowest BCUT2D eigenvalue weighted by Crippen LogP contribution is -2.22. The van der Waals surface area contributed by atoms with Crippen molar-refractivity contribution in [3.8, 4) is 0 Å². The van der Waals surface area contributed by atoms with Gasteiger partial charge in [0.1, 0.15) is 6.17 Å². The lowest BCUT2D eigenvalue weighted by atomic mass is 10.0. The van der Waals surface area contributed by atoms with Gasteiger partial charge in [-0.25, -0.2) is 4.39 Å². The van der Waals surface area contributed by atoms with E-state index < -0.39 is 6.17 Å². The number of hydrogen-bond donors (Lipinski definition) is 1. The summed E-state index contributed by atoms with van der Waals surface area (Å²) in [6.45, 7) is 7.08. The zero-order chi connectivity index (χ0) is 7.98. The van der Waals surface area contributed by atoms with Gasteiger partial charge in [0, 0.05) is 12.5 Å². The molecule has 0 bridgehead atoms. The van der Waals surface area contributed by atoms with Crippen LogP contribution in [0.2, 0.25) is 0 Å².